The highest BCUT2D eigenvalue weighted by atomic mass is 35.5. The van der Waals surface area contributed by atoms with Crippen LogP contribution in [-0.2, 0) is 6.54 Å². The summed E-state index contributed by atoms with van der Waals surface area (Å²) in [6, 6.07) is 1.05. The number of nitrogen functional groups attached to an aromatic ring is 1. The van der Waals surface area contributed by atoms with Gasteiger partial charge in [-0.15, -0.1) is 11.6 Å². The highest BCUT2D eigenvalue weighted by Gasteiger charge is 2.39. The first-order valence-electron chi connectivity index (χ1n) is 10.8. The second kappa shape index (κ2) is 7.94. The summed E-state index contributed by atoms with van der Waals surface area (Å²) in [4.78, 5) is 18.5. The first-order chi connectivity index (χ1) is 14.1. The smallest absolute Gasteiger partial charge is 0.259 e. The average molecular weight is 423 g/mol. The van der Waals surface area contributed by atoms with Crippen molar-refractivity contribution in [1.29, 1.82) is 0 Å². The lowest BCUT2D eigenvalue weighted by Gasteiger charge is -2.43. The third kappa shape index (κ3) is 3.69. The minimum absolute atomic E-state index is 0.0568. The van der Waals surface area contributed by atoms with E-state index < -0.39 is 0 Å². The monoisotopic (exact) mass is 422 g/mol. The van der Waals surface area contributed by atoms with Gasteiger partial charge in [-0.25, -0.2) is 4.68 Å². The van der Waals surface area contributed by atoms with Crippen molar-refractivity contribution < 1.29 is 4.79 Å². The first-order valence-corrected chi connectivity index (χ1v) is 11.3. The van der Waals surface area contributed by atoms with Crippen LogP contribution in [0.3, 0.4) is 0 Å². The molecule has 29 heavy (non-hydrogen) atoms. The lowest BCUT2D eigenvalue weighted by atomic mass is 9.94. The number of nitrogens with two attached hydrogens (primary N) is 1. The van der Waals surface area contributed by atoms with E-state index in [4.69, 9.17) is 17.3 Å². The van der Waals surface area contributed by atoms with E-state index in [0.29, 0.717) is 36.6 Å². The number of piperidine rings is 2. The van der Waals surface area contributed by atoms with Crippen molar-refractivity contribution in [3.05, 3.63) is 5.56 Å². The van der Waals surface area contributed by atoms with Crippen LogP contribution < -0.4 is 21.7 Å². The molecule has 10 heteroatoms. The molecule has 3 atom stereocenters. The number of hydrogen-bond acceptors (Lipinski definition) is 7. The van der Waals surface area contributed by atoms with E-state index in [1.54, 1.807) is 4.68 Å². The molecule has 5 N–H and O–H groups in total. The molecule has 5 aliphatic rings. The zero-order valence-corrected chi connectivity index (χ0v) is 17.5. The van der Waals surface area contributed by atoms with Crippen molar-refractivity contribution in [1.82, 2.24) is 30.2 Å². The van der Waals surface area contributed by atoms with Gasteiger partial charge in [0.05, 0.1) is 18.0 Å². The molecule has 2 bridgehead atoms. The van der Waals surface area contributed by atoms with Crippen molar-refractivity contribution in [2.75, 3.05) is 56.9 Å². The van der Waals surface area contributed by atoms with Gasteiger partial charge in [0.2, 0.25) is 0 Å². The maximum absolute atomic E-state index is 13.2. The summed E-state index contributed by atoms with van der Waals surface area (Å²) >= 11 is 6.21. The summed E-state index contributed by atoms with van der Waals surface area (Å²) in [5.74, 6) is 0.793. The molecule has 0 spiro atoms. The third-order valence-corrected chi connectivity index (χ3v) is 7.25. The van der Waals surface area contributed by atoms with Gasteiger partial charge in [0.15, 0.2) is 5.82 Å². The molecule has 4 fully saturated rings. The molecule has 160 valence electrons. The molecule has 9 nitrogen and oxygen atoms in total. The number of amides is 1. The maximum Gasteiger partial charge on any atom is 0.259 e. The Hall–Kier alpha value is -1.55. The Labute approximate surface area is 176 Å². The number of anilines is 2. The van der Waals surface area contributed by atoms with E-state index >= 15 is 0 Å². The van der Waals surface area contributed by atoms with Gasteiger partial charge in [0.1, 0.15) is 11.4 Å². The summed E-state index contributed by atoms with van der Waals surface area (Å²) in [5.41, 5.74) is 6.56. The SMILES string of the molecule is Nc1nn2c(c1C(=O)NC1CNCCC1N1CCN3CCC1CC3)NCC(Cl)C2. The first kappa shape index (κ1) is 19.4. The van der Waals surface area contributed by atoms with Gasteiger partial charge < -0.3 is 26.6 Å². The minimum Gasteiger partial charge on any atom is -0.381 e. The van der Waals surface area contributed by atoms with Crippen LogP contribution in [0.4, 0.5) is 11.6 Å². The molecule has 5 aliphatic heterocycles. The fourth-order valence-corrected chi connectivity index (χ4v) is 5.66. The van der Waals surface area contributed by atoms with Crippen LogP contribution in [0.25, 0.3) is 0 Å². The molecular weight excluding hydrogens is 392 g/mol. The third-order valence-electron chi connectivity index (χ3n) is 6.96. The number of aromatic nitrogens is 2. The molecule has 0 aliphatic carbocycles. The molecule has 0 aromatic carbocycles. The Morgan fingerprint density at radius 1 is 1.17 bits per heavy atom. The van der Waals surface area contributed by atoms with Crippen LogP contribution in [0.2, 0.25) is 0 Å². The van der Waals surface area contributed by atoms with Crippen LogP contribution in [0.5, 0.6) is 0 Å². The molecule has 1 aromatic heterocycles. The number of fused-ring (bicyclic) bond motifs is 5. The Bertz CT molecular complexity index is 762. The molecule has 6 heterocycles. The zero-order valence-electron chi connectivity index (χ0n) is 16.7. The molecule has 1 amide bonds. The van der Waals surface area contributed by atoms with E-state index in [-0.39, 0.29) is 23.1 Å². The van der Waals surface area contributed by atoms with Crippen LogP contribution in [0.15, 0.2) is 0 Å². The fourth-order valence-electron chi connectivity index (χ4n) is 5.46. The average Bonchev–Trinajstić information content (AvgIpc) is 2.85. The van der Waals surface area contributed by atoms with Crippen molar-refractivity contribution in [3.8, 4) is 0 Å². The van der Waals surface area contributed by atoms with Gasteiger partial charge in [0, 0.05) is 38.3 Å². The van der Waals surface area contributed by atoms with Crippen molar-refractivity contribution in [3.63, 3.8) is 0 Å². The number of alkyl halides is 1. The number of nitrogens with zero attached hydrogens (tertiary/aromatic N) is 4. The minimum atomic E-state index is -0.147. The Morgan fingerprint density at radius 2 is 2.00 bits per heavy atom. The molecule has 0 radical (unpaired) electrons. The molecular formula is C19H31ClN8O. The lowest BCUT2D eigenvalue weighted by molar-refractivity contribution is 0.0728. The van der Waals surface area contributed by atoms with Crippen LogP contribution in [0, 0.1) is 0 Å². The Kier molecular flexibility index (Phi) is 5.32. The summed E-state index contributed by atoms with van der Waals surface area (Å²) in [6.45, 7) is 7.57. The van der Waals surface area contributed by atoms with Gasteiger partial charge in [-0.05, 0) is 38.9 Å². The largest absolute Gasteiger partial charge is 0.381 e. The maximum atomic E-state index is 13.2. The number of rotatable bonds is 3. The number of nitrogens with one attached hydrogen (secondary N) is 3. The van der Waals surface area contributed by atoms with E-state index in [1.807, 2.05) is 0 Å². The van der Waals surface area contributed by atoms with Gasteiger partial charge in [-0.3, -0.25) is 9.69 Å². The van der Waals surface area contributed by atoms with Crippen LogP contribution >= 0.6 is 11.6 Å². The second-order valence-electron chi connectivity index (χ2n) is 8.72. The normalized spacial score (nSPS) is 34.9. The second-order valence-corrected chi connectivity index (χ2v) is 9.34. The number of halogens is 1. The molecule has 4 saturated heterocycles. The highest BCUT2D eigenvalue weighted by molar-refractivity contribution is 6.21. The number of carbonyl (C=O) groups excluding carboxylic acids is 1. The zero-order chi connectivity index (χ0) is 20.0. The van der Waals surface area contributed by atoms with Crippen LogP contribution in [-0.4, -0.2) is 94.8 Å². The summed E-state index contributed by atoms with van der Waals surface area (Å²) < 4.78 is 1.71. The number of carbonyl (C=O) groups is 1. The summed E-state index contributed by atoms with van der Waals surface area (Å²) in [7, 11) is 0. The molecule has 1 aromatic rings. The fraction of sp³-hybridized carbons (Fsp3) is 0.789. The topological polar surface area (TPSA) is 103 Å². The highest BCUT2D eigenvalue weighted by Crippen LogP contribution is 2.28. The van der Waals surface area contributed by atoms with Gasteiger partial charge in [-0.2, -0.15) is 5.10 Å². The molecule has 0 saturated carbocycles. The number of hydrogen-bond donors (Lipinski definition) is 4. The van der Waals surface area contributed by atoms with E-state index in [1.165, 1.54) is 25.9 Å². The predicted molar refractivity (Wildman–Crippen MR) is 113 cm³/mol. The Balaban J connectivity index is 1.34. The summed E-state index contributed by atoms with van der Waals surface area (Å²) in [5, 5.41) is 14.2. The van der Waals surface area contributed by atoms with Crippen molar-refractivity contribution >= 4 is 29.1 Å². The van der Waals surface area contributed by atoms with Gasteiger partial charge in [0.25, 0.3) is 5.91 Å². The molecule has 3 unspecified atom stereocenters. The van der Waals surface area contributed by atoms with Crippen molar-refractivity contribution in [2.45, 2.75) is 49.3 Å². The predicted octanol–water partition coefficient (Wildman–Crippen LogP) is -0.261. The summed E-state index contributed by atoms with van der Waals surface area (Å²) in [6.07, 6.45) is 3.52. The quantitative estimate of drug-likeness (QED) is 0.497. The van der Waals surface area contributed by atoms with Gasteiger partial charge in [-0.1, -0.05) is 0 Å². The van der Waals surface area contributed by atoms with Crippen LogP contribution in [0.1, 0.15) is 29.6 Å². The lowest BCUT2D eigenvalue weighted by Crippen LogP contribution is -2.61. The Morgan fingerprint density at radius 3 is 2.83 bits per heavy atom. The standard InChI is InChI=1S/C19H31ClN8O/c20-12-9-23-18-16(17(21)25-28(18)11-12)19(29)24-14-10-22-4-1-15(14)27-8-7-26-5-2-13(27)3-6-26/h12-15,22-23H,1-11H2,(H2,21,25)(H,24,29). The van der Waals surface area contributed by atoms with Crippen molar-refractivity contribution in [2.24, 2.45) is 0 Å². The van der Waals surface area contributed by atoms with E-state index in [2.05, 4.69) is 30.8 Å². The molecule has 6 rings (SSSR count). The van der Waals surface area contributed by atoms with E-state index in [9.17, 15) is 4.79 Å². The van der Waals surface area contributed by atoms with Gasteiger partial charge >= 0.3 is 0 Å². The van der Waals surface area contributed by atoms with E-state index in [0.717, 1.165) is 32.6 Å².